The van der Waals surface area contributed by atoms with Gasteiger partial charge >= 0.3 is 0 Å². The second kappa shape index (κ2) is 10.9. The van der Waals surface area contributed by atoms with Gasteiger partial charge in [-0.2, -0.15) is 5.10 Å². The number of rotatable bonds is 6. The zero-order valence-electron chi connectivity index (χ0n) is 22.7. The van der Waals surface area contributed by atoms with E-state index in [0.29, 0.717) is 11.1 Å². The van der Waals surface area contributed by atoms with Gasteiger partial charge in [0.25, 0.3) is 5.91 Å². The molecule has 2 aromatic rings. The summed E-state index contributed by atoms with van der Waals surface area (Å²) in [6, 6.07) is 6.74. The molecular formula is C30H45N5O2. The maximum atomic E-state index is 13.2. The Morgan fingerprint density at radius 3 is 2.43 bits per heavy atom. The molecule has 0 atom stereocenters. The van der Waals surface area contributed by atoms with Crippen LogP contribution in [0.2, 0.25) is 0 Å². The second-order valence-corrected chi connectivity index (χ2v) is 12.4. The topological polar surface area (TPSA) is 62.6 Å². The molecular weight excluding hydrogens is 462 g/mol. The number of aromatic nitrogens is 2. The maximum Gasteiger partial charge on any atom is 0.272 e. The molecule has 7 nitrogen and oxygen atoms in total. The van der Waals surface area contributed by atoms with Crippen molar-refractivity contribution >= 4 is 22.5 Å². The van der Waals surface area contributed by atoms with Gasteiger partial charge in [-0.3, -0.25) is 9.48 Å². The molecule has 0 radical (unpaired) electrons. The minimum Gasteiger partial charge on any atom is -0.380 e. The van der Waals surface area contributed by atoms with Gasteiger partial charge in [0.05, 0.1) is 18.7 Å². The van der Waals surface area contributed by atoms with Crippen molar-refractivity contribution in [3.8, 4) is 0 Å². The van der Waals surface area contributed by atoms with Crippen LogP contribution >= 0.6 is 0 Å². The van der Waals surface area contributed by atoms with Gasteiger partial charge in [0, 0.05) is 55.8 Å². The summed E-state index contributed by atoms with van der Waals surface area (Å²) in [6.07, 6.45) is 14.0. The van der Waals surface area contributed by atoms with Crippen LogP contribution in [0.5, 0.6) is 0 Å². The van der Waals surface area contributed by atoms with E-state index in [1.54, 1.807) is 0 Å². The van der Waals surface area contributed by atoms with E-state index in [1.165, 1.54) is 70.0 Å². The molecule has 1 N–H and O–H groups in total. The van der Waals surface area contributed by atoms with E-state index in [1.807, 2.05) is 11.7 Å². The summed E-state index contributed by atoms with van der Waals surface area (Å²) in [5.41, 5.74) is 3.41. The molecule has 1 aromatic heterocycles. The van der Waals surface area contributed by atoms with Crippen molar-refractivity contribution in [2.24, 2.45) is 18.4 Å². The first-order valence-electron chi connectivity index (χ1n) is 14.9. The molecule has 1 spiro atoms. The molecule has 3 saturated heterocycles. The number of benzene rings is 1. The molecule has 7 heteroatoms. The first kappa shape index (κ1) is 25.2. The quantitative estimate of drug-likeness (QED) is 0.612. The SMILES string of the molecule is Cn1nc(C(=O)NC2CCN(CCC3CCC4(CC3)COC4)CC2)c2ccc(N3CCCCCC3)cc21. The van der Waals surface area contributed by atoms with E-state index in [4.69, 9.17) is 4.74 Å². The molecule has 4 heterocycles. The first-order valence-corrected chi connectivity index (χ1v) is 14.9. The lowest BCUT2D eigenvalue weighted by Gasteiger charge is -2.46. The summed E-state index contributed by atoms with van der Waals surface area (Å²) in [5.74, 6) is 0.864. The number of hydrogen-bond donors (Lipinski definition) is 1. The lowest BCUT2D eigenvalue weighted by molar-refractivity contribution is -0.136. The van der Waals surface area contributed by atoms with Gasteiger partial charge in [-0.05, 0) is 88.4 Å². The van der Waals surface area contributed by atoms with Crippen LogP contribution in [0, 0.1) is 11.3 Å². The number of aryl methyl sites for hydroxylation is 1. The molecule has 1 aliphatic carbocycles. The van der Waals surface area contributed by atoms with Crippen molar-refractivity contribution in [1.29, 1.82) is 0 Å². The standard InChI is InChI=1S/C30H45N5O2/c1-33-27-20-25(35-15-4-2-3-5-16-35)6-7-26(27)28(32-33)29(36)31-24-11-18-34(19-12-24)17-10-23-8-13-30(14-9-23)21-37-22-30/h6-7,20,23-24H,2-5,8-19,21-22H2,1H3,(H,31,36). The van der Waals surface area contributed by atoms with Gasteiger partial charge in [0.1, 0.15) is 0 Å². The van der Waals surface area contributed by atoms with E-state index < -0.39 is 0 Å². The molecule has 4 fully saturated rings. The lowest BCUT2D eigenvalue weighted by Crippen LogP contribution is -2.46. The Balaban J connectivity index is 0.992. The number of piperidine rings is 1. The molecule has 0 unspecified atom stereocenters. The van der Waals surface area contributed by atoms with Crippen LogP contribution in [0.4, 0.5) is 5.69 Å². The third-order valence-corrected chi connectivity index (χ3v) is 9.78. The van der Waals surface area contributed by atoms with Crippen LogP contribution in [-0.4, -0.2) is 72.6 Å². The predicted octanol–water partition coefficient (Wildman–Crippen LogP) is 4.74. The van der Waals surface area contributed by atoms with E-state index in [2.05, 4.69) is 38.4 Å². The number of amides is 1. The monoisotopic (exact) mass is 507 g/mol. The molecule has 37 heavy (non-hydrogen) atoms. The highest BCUT2D eigenvalue weighted by Crippen LogP contribution is 2.45. The van der Waals surface area contributed by atoms with Crippen LogP contribution in [0.25, 0.3) is 10.9 Å². The number of anilines is 1. The fourth-order valence-corrected chi connectivity index (χ4v) is 7.12. The Kier molecular flexibility index (Phi) is 7.44. The summed E-state index contributed by atoms with van der Waals surface area (Å²) in [7, 11) is 1.95. The van der Waals surface area contributed by atoms with Gasteiger partial charge in [0.15, 0.2) is 5.69 Å². The number of carbonyl (C=O) groups is 1. The number of nitrogens with one attached hydrogen (secondary N) is 1. The summed E-state index contributed by atoms with van der Waals surface area (Å²) in [4.78, 5) is 18.3. The zero-order chi connectivity index (χ0) is 25.2. The van der Waals surface area contributed by atoms with Gasteiger partial charge in [-0.25, -0.2) is 0 Å². The highest BCUT2D eigenvalue weighted by atomic mass is 16.5. The van der Waals surface area contributed by atoms with Gasteiger partial charge in [-0.1, -0.05) is 12.8 Å². The van der Waals surface area contributed by atoms with Crippen LogP contribution in [-0.2, 0) is 11.8 Å². The summed E-state index contributed by atoms with van der Waals surface area (Å²) in [6.45, 7) is 7.62. The number of likely N-dealkylation sites (tertiary alicyclic amines) is 1. The Morgan fingerprint density at radius 2 is 1.76 bits per heavy atom. The summed E-state index contributed by atoms with van der Waals surface area (Å²) in [5, 5.41) is 8.91. The van der Waals surface area contributed by atoms with Gasteiger partial charge in [-0.15, -0.1) is 0 Å². The summed E-state index contributed by atoms with van der Waals surface area (Å²) >= 11 is 0. The Morgan fingerprint density at radius 1 is 1.03 bits per heavy atom. The van der Waals surface area contributed by atoms with Crippen LogP contribution in [0.1, 0.15) is 81.1 Å². The molecule has 202 valence electrons. The molecule has 0 bridgehead atoms. The van der Waals surface area contributed by atoms with Gasteiger partial charge in [0.2, 0.25) is 0 Å². The fourth-order valence-electron chi connectivity index (χ4n) is 7.12. The van der Waals surface area contributed by atoms with Gasteiger partial charge < -0.3 is 19.9 Å². The highest BCUT2D eigenvalue weighted by Gasteiger charge is 2.41. The Hall–Kier alpha value is -2.12. The largest absolute Gasteiger partial charge is 0.380 e. The van der Waals surface area contributed by atoms with Crippen molar-refractivity contribution in [3.63, 3.8) is 0 Å². The minimum absolute atomic E-state index is 0.0253. The van der Waals surface area contributed by atoms with Crippen molar-refractivity contribution in [3.05, 3.63) is 23.9 Å². The average Bonchev–Trinajstić information content (AvgIpc) is 3.06. The molecule has 4 aliphatic rings. The number of ether oxygens (including phenoxy) is 1. The summed E-state index contributed by atoms with van der Waals surface area (Å²) < 4.78 is 7.35. The third-order valence-electron chi connectivity index (χ3n) is 9.78. The Labute approximate surface area is 221 Å². The highest BCUT2D eigenvalue weighted by molar-refractivity contribution is 6.05. The second-order valence-electron chi connectivity index (χ2n) is 12.4. The van der Waals surface area contributed by atoms with Crippen molar-refractivity contribution in [1.82, 2.24) is 20.0 Å². The lowest BCUT2D eigenvalue weighted by atomic mass is 9.68. The molecule has 3 aliphatic heterocycles. The first-order chi connectivity index (χ1) is 18.1. The fraction of sp³-hybridized carbons (Fsp3) is 0.733. The number of fused-ring (bicyclic) bond motifs is 1. The predicted molar refractivity (Wildman–Crippen MR) is 148 cm³/mol. The van der Waals surface area contributed by atoms with Crippen LogP contribution in [0.15, 0.2) is 18.2 Å². The van der Waals surface area contributed by atoms with Crippen LogP contribution in [0.3, 0.4) is 0 Å². The average molecular weight is 508 g/mol. The zero-order valence-corrected chi connectivity index (χ0v) is 22.7. The van der Waals surface area contributed by atoms with E-state index in [0.717, 1.165) is 69.1 Å². The molecule has 1 aromatic carbocycles. The normalized spacial score (nSPS) is 23.8. The van der Waals surface area contributed by atoms with Crippen molar-refractivity contribution in [2.75, 3.05) is 50.8 Å². The smallest absolute Gasteiger partial charge is 0.272 e. The number of carbonyl (C=O) groups excluding carboxylic acids is 1. The van der Waals surface area contributed by atoms with Crippen molar-refractivity contribution in [2.45, 2.75) is 76.7 Å². The number of hydrogen-bond acceptors (Lipinski definition) is 5. The minimum atomic E-state index is -0.0253. The van der Waals surface area contributed by atoms with E-state index >= 15 is 0 Å². The van der Waals surface area contributed by atoms with Crippen LogP contribution < -0.4 is 10.2 Å². The molecule has 1 saturated carbocycles. The Bertz CT molecular complexity index is 1070. The van der Waals surface area contributed by atoms with E-state index in [-0.39, 0.29) is 11.9 Å². The molecule has 6 rings (SSSR count). The molecule has 1 amide bonds. The maximum absolute atomic E-state index is 13.2. The van der Waals surface area contributed by atoms with E-state index in [9.17, 15) is 4.79 Å². The van der Waals surface area contributed by atoms with Crippen molar-refractivity contribution < 1.29 is 9.53 Å². The number of nitrogens with zero attached hydrogens (tertiary/aromatic N) is 4. The third kappa shape index (κ3) is 5.53.